The van der Waals surface area contributed by atoms with E-state index < -0.39 is 0 Å². The summed E-state index contributed by atoms with van der Waals surface area (Å²) in [6.45, 7) is 0.591. The minimum atomic E-state index is -0.267. The Morgan fingerprint density at radius 2 is 1.85 bits per heavy atom. The van der Waals surface area contributed by atoms with Gasteiger partial charge in [0, 0.05) is 36.4 Å². The van der Waals surface area contributed by atoms with Gasteiger partial charge in [-0.3, -0.25) is 4.79 Å². The highest BCUT2D eigenvalue weighted by molar-refractivity contribution is 5.89. The van der Waals surface area contributed by atoms with Gasteiger partial charge >= 0.3 is 0 Å². The number of aromatic amines is 1. The van der Waals surface area contributed by atoms with Gasteiger partial charge in [0.2, 0.25) is 5.91 Å². The van der Waals surface area contributed by atoms with Crippen molar-refractivity contribution in [3.63, 3.8) is 0 Å². The summed E-state index contributed by atoms with van der Waals surface area (Å²) in [5.74, 6) is 0.440. The van der Waals surface area contributed by atoms with Crippen molar-refractivity contribution in [2.75, 3.05) is 25.6 Å². The van der Waals surface area contributed by atoms with Crippen molar-refractivity contribution in [1.29, 1.82) is 0 Å². The molecule has 0 saturated heterocycles. The molecule has 1 amide bonds. The first kappa shape index (κ1) is 22.4. The molecule has 0 aliphatic carbocycles. The highest BCUT2D eigenvalue weighted by atomic mass is 19.1. The van der Waals surface area contributed by atoms with E-state index >= 15 is 0 Å². The molecule has 2 N–H and O–H groups in total. The molecule has 170 valence electrons. The number of carbonyl (C=O) groups is 1. The molecule has 1 heterocycles. The van der Waals surface area contributed by atoms with Crippen LogP contribution in [0.25, 0.3) is 10.9 Å². The second kappa shape index (κ2) is 10.2. The van der Waals surface area contributed by atoms with Gasteiger partial charge in [-0.1, -0.05) is 30.3 Å². The predicted molar refractivity (Wildman–Crippen MR) is 130 cm³/mol. The van der Waals surface area contributed by atoms with E-state index in [1.165, 1.54) is 12.1 Å². The molecular weight excluding hydrogens is 417 g/mol. The van der Waals surface area contributed by atoms with Crippen LogP contribution in [0.2, 0.25) is 0 Å². The zero-order chi connectivity index (χ0) is 23.2. The molecule has 0 unspecified atom stereocenters. The van der Waals surface area contributed by atoms with Crippen molar-refractivity contribution in [1.82, 2.24) is 10.3 Å². The summed E-state index contributed by atoms with van der Waals surface area (Å²) in [4.78, 5) is 18.3. The fourth-order valence-corrected chi connectivity index (χ4v) is 4.07. The Kier molecular flexibility index (Phi) is 6.93. The largest absolute Gasteiger partial charge is 0.497 e. The maximum absolute atomic E-state index is 13.3. The zero-order valence-corrected chi connectivity index (χ0v) is 18.8. The van der Waals surface area contributed by atoms with Gasteiger partial charge in [-0.15, -0.1) is 0 Å². The molecule has 1 atom stereocenters. The molecule has 0 aliphatic heterocycles. The molecule has 0 radical (unpaired) electrons. The van der Waals surface area contributed by atoms with E-state index in [0.29, 0.717) is 13.0 Å². The van der Waals surface area contributed by atoms with Gasteiger partial charge in [-0.25, -0.2) is 4.39 Å². The van der Waals surface area contributed by atoms with Crippen LogP contribution in [0.15, 0.2) is 79.0 Å². The molecule has 0 fully saturated rings. The Balaban J connectivity index is 1.49. The number of hydrogen-bond acceptors (Lipinski definition) is 3. The Morgan fingerprint density at radius 1 is 1.09 bits per heavy atom. The van der Waals surface area contributed by atoms with E-state index in [-0.39, 0.29) is 24.2 Å². The first-order valence-corrected chi connectivity index (χ1v) is 11.0. The van der Waals surface area contributed by atoms with Gasteiger partial charge in [0.15, 0.2) is 0 Å². The van der Waals surface area contributed by atoms with Gasteiger partial charge in [-0.2, -0.15) is 0 Å². The third-order valence-corrected chi connectivity index (χ3v) is 5.78. The summed E-state index contributed by atoms with van der Waals surface area (Å²) in [7, 11) is 3.58. The molecule has 33 heavy (non-hydrogen) atoms. The number of likely N-dealkylation sites (N-methyl/N-ethyl adjacent to an activating group) is 1. The number of carbonyl (C=O) groups excluding carboxylic acids is 1. The van der Waals surface area contributed by atoms with E-state index in [1.54, 1.807) is 19.2 Å². The van der Waals surface area contributed by atoms with E-state index in [4.69, 9.17) is 4.74 Å². The van der Waals surface area contributed by atoms with Crippen LogP contribution in [0.1, 0.15) is 11.1 Å². The first-order valence-electron chi connectivity index (χ1n) is 11.0. The SMILES string of the molecule is COc1ccc2[nH]cc(CC(=O)N[C@@H](Cc3ccccc3)CN(C)c3ccc(F)cc3)c2c1. The molecule has 5 nitrogen and oxygen atoms in total. The first-order chi connectivity index (χ1) is 16.0. The summed E-state index contributed by atoms with van der Waals surface area (Å²) >= 11 is 0. The molecule has 0 spiro atoms. The van der Waals surface area contributed by atoms with Crippen molar-refractivity contribution in [2.24, 2.45) is 0 Å². The topological polar surface area (TPSA) is 57.4 Å². The van der Waals surface area contributed by atoms with Crippen LogP contribution in [-0.4, -0.2) is 37.6 Å². The van der Waals surface area contributed by atoms with Gasteiger partial charge in [0.05, 0.1) is 19.6 Å². The van der Waals surface area contributed by atoms with E-state index in [1.807, 2.05) is 54.5 Å². The number of methoxy groups -OCH3 is 1. The highest BCUT2D eigenvalue weighted by Crippen LogP contribution is 2.24. The number of nitrogens with zero attached hydrogens (tertiary/aromatic N) is 1. The summed E-state index contributed by atoms with van der Waals surface area (Å²) in [6.07, 6.45) is 2.83. The second-order valence-electron chi connectivity index (χ2n) is 8.21. The van der Waals surface area contributed by atoms with Gasteiger partial charge in [-0.05, 0) is 60.0 Å². The van der Waals surface area contributed by atoms with Crippen LogP contribution in [0, 0.1) is 5.82 Å². The molecule has 0 bridgehead atoms. The minimum absolute atomic E-state index is 0.0489. The predicted octanol–water partition coefficient (Wildman–Crippen LogP) is 4.72. The summed E-state index contributed by atoms with van der Waals surface area (Å²) in [5, 5.41) is 4.19. The lowest BCUT2D eigenvalue weighted by molar-refractivity contribution is -0.121. The Hall–Kier alpha value is -3.80. The number of hydrogen-bond donors (Lipinski definition) is 2. The van der Waals surface area contributed by atoms with Crippen LogP contribution in [0.3, 0.4) is 0 Å². The minimum Gasteiger partial charge on any atom is -0.497 e. The number of H-pyrrole nitrogens is 1. The lowest BCUT2D eigenvalue weighted by atomic mass is 10.0. The fraction of sp³-hybridized carbons (Fsp3) is 0.222. The maximum atomic E-state index is 13.3. The van der Waals surface area contributed by atoms with Gasteiger partial charge in [0.1, 0.15) is 11.6 Å². The van der Waals surface area contributed by atoms with E-state index in [2.05, 4.69) is 22.4 Å². The maximum Gasteiger partial charge on any atom is 0.224 e. The van der Waals surface area contributed by atoms with Crippen LogP contribution in [-0.2, 0) is 17.6 Å². The molecule has 6 heteroatoms. The molecule has 1 aromatic heterocycles. The van der Waals surface area contributed by atoms with Crippen LogP contribution in [0.4, 0.5) is 10.1 Å². The Bertz CT molecular complexity index is 1210. The van der Waals surface area contributed by atoms with Crippen molar-refractivity contribution in [3.8, 4) is 5.75 Å². The molecule has 0 saturated carbocycles. The molecule has 0 aliphatic rings. The zero-order valence-electron chi connectivity index (χ0n) is 18.8. The number of aromatic nitrogens is 1. The molecule has 3 aromatic carbocycles. The average Bonchev–Trinajstić information content (AvgIpc) is 3.21. The Labute approximate surface area is 193 Å². The summed E-state index contributed by atoms with van der Waals surface area (Å²) < 4.78 is 18.7. The number of ether oxygens (including phenoxy) is 1. The standard InChI is InChI=1S/C27H28FN3O2/c1-31(23-10-8-21(28)9-11-23)18-22(14-19-6-4-3-5-7-19)30-27(32)15-20-17-29-26-13-12-24(33-2)16-25(20)26/h3-13,16-17,22,29H,14-15,18H2,1-2H3,(H,30,32)/t22-/m0/s1. The number of anilines is 1. The number of halogens is 1. The number of nitrogens with one attached hydrogen (secondary N) is 2. The van der Waals surface area contributed by atoms with Gasteiger partial charge in [0.25, 0.3) is 0 Å². The van der Waals surface area contributed by atoms with E-state index in [9.17, 15) is 9.18 Å². The van der Waals surface area contributed by atoms with Crippen molar-refractivity contribution < 1.29 is 13.9 Å². The second-order valence-corrected chi connectivity index (χ2v) is 8.21. The number of amides is 1. The molecule has 4 rings (SSSR count). The van der Waals surface area contributed by atoms with Crippen molar-refractivity contribution in [2.45, 2.75) is 18.9 Å². The van der Waals surface area contributed by atoms with Crippen molar-refractivity contribution in [3.05, 3.63) is 95.9 Å². The summed E-state index contributed by atoms with van der Waals surface area (Å²) in [6, 6.07) is 22.1. The van der Waals surface area contributed by atoms with Gasteiger partial charge < -0.3 is 19.9 Å². The number of fused-ring (bicyclic) bond motifs is 1. The quantitative estimate of drug-likeness (QED) is 0.392. The third-order valence-electron chi connectivity index (χ3n) is 5.78. The lowest BCUT2D eigenvalue weighted by Crippen LogP contribution is -2.44. The monoisotopic (exact) mass is 445 g/mol. The van der Waals surface area contributed by atoms with Crippen LogP contribution >= 0.6 is 0 Å². The normalized spacial score (nSPS) is 11.8. The van der Waals surface area contributed by atoms with Crippen molar-refractivity contribution >= 4 is 22.5 Å². The Morgan fingerprint density at radius 3 is 2.58 bits per heavy atom. The average molecular weight is 446 g/mol. The third kappa shape index (κ3) is 5.71. The number of rotatable bonds is 9. The number of benzene rings is 3. The molecular formula is C27H28FN3O2. The fourth-order valence-electron chi connectivity index (χ4n) is 4.07. The molecule has 4 aromatic rings. The lowest BCUT2D eigenvalue weighted by Gasteiger charge is -2.27. The van der Waals surface area contributed by atoms with Crippen LogP contribution < -0.4 is 15.0 Å². The van der Waals surface area contributed by atoms with E-state index in [0.717, 1.165) is 33.5 Å². The highest BCUT2D eigenvalue weighted by Gasteiger charge is 2.18. The van der Waals surface area contributed by atoms with Crippen LogP contribution in [0.5, 0.6) is 5.75 Å². The summed E-state index contributed by atoms with van der Waals surface area (Å²) in [5.41, 5.74) is 3.93. The smallest absolute Gasteiger partial charge is 0.224 e.